The van der Waals surface area contributed by atoms with Crippen molar-refractivity contribution in [2.24, 2.45) is 5.73 Å². The fourth-order valence-corrected chi connectivity index (χ4v) is 3.62. The average Bonchev–Trinajstić information content (AvgIpc) is 3.05. The highest BCUT2D eigenvalue weighted by Crippen LogP contribution is 2.36. The van der Waals surface area contributed by atoms with E-state index in [9.17, 15) is 31.1 Å². The zero-order valence-corrected chi connectivity index (χ0v) is 17.3. The lowest BCUT2D eigenvalue weighted by Gasteiger charge is -2.42. The molecule has 31 heavy (non-hydrogen) atoms. The maximum atomic E-state index is 13.8. The number of hydrogen-bond donors (Lipinski definition) is 1. The van der Waals surface area contributed by atoms with Crippen LogP contribution in [0, 0.1) is 17.5 Å². The van der Waals surface area contributed by atoms with Gasteiger partial charge in [-0.25, -0.2) is 13.2 Å². The van der Waals surface area contributed by atoms with Crippen LogP contribution in [0.1, 0.15) is 37.5 Å². The van der Waals surface area contributed by atoms with Gasteiger partial charge in [0.1, 0.15) is 5.82 Å². The van der Waals surface area contributed by atoms with Crippen molar-refractivity contribution in [3.05, 3.63) is 46.8 Å². The zero-order chi connectivity index (χ0) is 22.4. The first kappa shape index (κ1) is 24.9. The Hall–Kier alpha value is -2.34. The first-order valence-electron chi connectivity index (χ1n) is 9.02. The Morgan fingerprint density at radius 1 is 1.13 bits per heavy atom. The van der Waals surface area contributed by atoms with Gasteiger partial charge in [0.2, 0.25) is 11.7 Å². The molecule has 0 spiro atoms. The van der Waals surface area contributed by atoms with Crippen molar-refractivity contribution in [3.8, 4) is 0 Å². The summed E-state index contributed by atoms with van der Waals surface area (Å²) in [6.45, 7) is 2.88. The van der Waals surface area contributed by atoms with E-state index in [4.69, 9.17) is 5.73 Å². The Balaban J connectivity index is 0.00000341. The van der Waals surface area contributed by atoms with E-state index in [2.05, 4.69) is 10.2 Å². The average molecular weight is 472 g/mol. The van der Waals surface area contributed by atoms with Crippen molar-refractivity contribution < 1.29 is 31.1 Å². The van der Waals surface area contributed by atoms with Crippen LogP contribution in [-0.4, -0.2) is 38.2 Å². The maximum Gasteiger partial charge on any atom is 0.451 e. The van der Waals surface area contributed by atoms with Crippen LogP contribution < -0.4 is 5.73 Å². The summed E-state index contributed by atoms with van der Waals surface area (Å²) >= 11 is 0. The normalized spacial score (nSPS) is 16.5. The van der Waals surface area contributed by atoms with E-state index in [0.29, 0.717) is 12.1 Å². The minimum atomic E-state index is -4.68. The molecule has 13 heteroatoms. The molecule has 2 heterocycles. The largest absolute Gasteiger partial charge is 0.451 e. The van der Waals surface area contributed by atoms with Crippen LogP contribution in [0.2, 0.25) is 0 Å². The Morgan fingerprint density at radius 3 is 2.35 bits per heavy atom. The lowest BCUT2D eigenvalue weighted by Crippen LogP contribution is -2.53. The topological polar surface area (TPSA) is 77.0 Å². The molecule has 2 aromatic rings. The molecule has 2 N–H and O–H groups in total. The third-order valence-electron chi connectivity index (χ3n) is 5.08. The number of benzene rings is 1. The molecule has 0 unspecified atom stereocenters. The van der Waals surface area contributed by atoms with Gasteiger partial charge in [0.25, 0.3) is 0 Å². The number of nitrogens with two attached hydrogens (primary N) is 1. The number of halogens is 7. The first-order valence-corrected chi connectivity index (χ1v) is 9.02. The van der Waals surface area contributed by atoms with E-state index >= 15 is 0 Å². The van der Waals surface area contributed by atoms with Crippen LogP contribution in [0.4, 0.5) is 26.3 Å². The maximum absolute atomic E-state index is 13.8. The summed E-state index contributed by atoms with van der Waals surface area (Å²) in [4.78, 5) is 14.1. The van der Waals surface area contributed by atoms with Crippen LogP contribution in [-0.2, 0) is 29.5 Å². The van der Waals surface area contributed by atoms with Crippen molar-refractivity contribution in [1.29, 1.82) is 0 Å². The van der Waals surface area contributed by atoms with Gasteiger partial charge in [0.15, 0.2) is 17.5 Å². The van der Waals surface area contributed by atoms with Gasteiger partial charge < -0.3 is 15.2 Å². The zero-order valence-electron chi connectivity index (χ0n) is 16.5. The molecule has 1 atom stereocenters. The molecule has 1 aliphatic rings. The lowest BCUT2D eigenvalue weighted by molar-refractivity contribution is -0.149. The quantitative estimate of drug-likeness (QED) is 0.549. The van der Waals surface area contributed by atoms with Crippen LogP contribution >= 0.6 is 12.4 Å². The van der Waals surface area contributed by atoms with Gasteiger partial charge in [-0.3, -0.25) is 4.79 Å². The standard InChI is InChI=1S/C18H19F6N5O.ClH/c1-17(2)15-26-27-16(18(22,23)24)28(15)3-4-29(17)14(30)7-10(25)5-9-6-12(20)13(21)8-11(9)19;/h6,8,10H,3-5,7,25H2,1-2H3;1H/t10-;/m1./s1. The van der Waals surface area contributed by atoms with E-state index < -0.39 is 46.9 Å². The number of alkyl halides is 3. The van der Waals surface area contributed by atoms with E-state index in [0.717, 1.165) is 4.57 Å². The monoisotopic (exact) mass is 471 g/mol. The summed E-state index contributed by atoms with van der Waals surface area (Å²) in [6.07, 6.45) is -5.18. The van der Waals surface area contributed by atoms with Crippen molar-refractivity contribution in [1.82, 2.24) is 19.7 Å². The first-order chi connectivity index (χ1) is 13.8. The summed E-state index contributed by atoms with van der Waals surface area (Å²) in [6, 6.07) is 0.164. The molecule has 0 bridgehead atoms. The van der Waals surface area contributed by atoms with Crippen LogP contribution in [0.5, 0.6) is 0 Å². The van der Waals surface area contributed by atoms with Crippen molar-refractivity contribution in [3.63, 3.8) is 0 Å². The second kappa shape index (κ2) is 8.65. The minimum Gasteiger partial charge on any atom is -0.328 e. The Bertz CT molecular complexity index is 977. The van der Waals surface area contributed by atoms with Gasteiger partial charge in [-0.05, 0) is 31.9 Å². The number of carbonyl (C=O) groups is 1. The molecule has 0 fully saturated rings. The molecule has 0 saturated carbocycles. The third kappa shape index (κ3) is 4.79. The minimum absolute atomic E-state index is 0. The molecule has 0 radical (unpaired) electrons. The van der Waals surface area contributed by atoms with Gasteiger partial charge >= 0.3 is 6.18 Å². The van der Waals surface area contributed by atoms with Crippen LogP contribution in [0.25, 0.3) is 0 Å². The van der Waals surface area contributed by atoms with Gasteiger partial charge in [0.05, 0.1) is 5.54 Å². The molecule has 3 rings (SSSR count). The highest BCUT2D eigenvalue weighted by Gasteiger charge is 2.46. The second-order valence-electron chi connectivity index (χ2n) is 7.63. The summed E-state index contributed by atoms with van der Waals surface area (Å²) < 4.78 is 80.4. The number of amides is 1. The molecule has 1 aromatic carbocycles. The molecule has 1 amide bonds. The number of hydrogen-bond acceptors (Lipinski definition) is 4. The molecule has 172 valence electrons. The molecule has 6 nitrogen and oxygen atoms in total. The number of carbonyl (C=O) groups excluding carboxylic acids is 1. The molecule has 0 saturated heterocycles. The van der Waals surface area contributed by atoms with E-state index in [-0.39, 0.29) is 49.7 Å². The smallest absolute Gasteiger partial charge is 0.328 e. The van der Waals surface area contributed by atoms with Gasteiger partial charge in [-0.15, -0.1) is 22.6 Å². The number of nitrogens with zero attached hydrogens (tertiary/aromatic N) is 4. The van der Waals surface area contributed by atoms with E-state index in [1.54, 1.807) is 0 Å². The van der Waals surface area contributed by atoms with E-state index in [1.807, 2.05) is 0 Å². The fourth-order valence-electron chi connectivity index (χ4n) is 3.62. The molecule has 1 aromatic heterocycles. The molecule has 0 aliphatic carbocycles. The number of aromatic nitrogens is 3. The van der Waals surface area contributed by atoms with E-state index in [1.165, 1.54) is 18.7 Å². The third-order valence-corrected chi connectivity index (χ3v) is 5.08. The summed E-state index contributed by atoms with van der Waals surface area (Å²) in [5, 5.41) is 6.84. The summed E-state index contributed by atoms with van der Waals surface area (Å²) in [7, 11) is 0. The highest BCUT2D eigenvalue weighted by molar-refractivity contribution is 5.85. The van der Waals surface area contributed by atoms with Crippen molar-refractivity contribution in [2.45, 2.75) is 51.0 Å². The van der Waals surface area contributed by atoms with Crippen molar-refractivity contribution in [2.75, 3.05) is 6.54 Å². The SMILES string of the molecule is CC1(C)c2nnc(C(F)(F)F)n2CCN1C(=O)C[C@H](N)Cc1cc(F)c(F)cc1F.Cl. The summed E-state index contributed by atoms with van der Waals surface area (Å²) in [5.74, 6) is -5.20. The summed E-state index contributed by atoms with van der Waals surface area (Å²) in [5.41, 5.74) is 4.53. The predicted molar refractivity (Wildman–Crippen MR) is 99.6 cm³/mol. The van der Waals surface area contributed by atoms with Crippen molar-refractivity contribution >= 4 is 18.3 Å². The fraction of sp³-hybridized carbons (Fsp3) is 0.500. The van der Waals surface area contributed by atoms with Crippen LogP contribution in [0.15, 0.2) is 12.1 Å². The van der Waals surface area contributed by atoms with Gasteiger partial charge in [-0.1, -0.05) is 0 Å². The van der Waals surface area contributed by atoms with Crippen LogP contribution in [0.3, 0.4) is 0 Å². The second-order valence-corrected chi connectivity index (χ2v) is 7.63. The lowest BCUT2D eigenvalue weighted by atomic mass is 9.96. The Labute approximate surface area is 179 Å². The van der Waals surface area contributed by atoms with Gasteiger partial charge in [0, 0.05) is 31.6 Å². The number of rotatable bonds is 4. The molecule has 1 aliphatic heterocycles. The molecular weight excluding hydrogens is 452 g/mol. The highest BCUT2D eigenvalue weighted by atomic mass is 35.5. The number of fused-ring (bicyclic) bond motifs is 1. The Kier molecular flexibility index (Phi) is 6.96. The Morgan fingerprint density at radius 2 is 1.74 bits per heavy atom. The molecular formula is C18H20ClF6N5O. The van der Waals surface area contributed by atoms with Gasteiger partial charge in [-0.2, -0.15) is 13.2 Å². The predicted octanol–water partition coefficient (Wildman–Crippen LogP) is 3.17.